The van der Waals surface area contributed by atoms with E-state index >= 15 is 8.78 Å². The summed E-state index contributed by atoms with van der Waals surface area (Å²) in [6, 6.07) is 7.38. The normalized spacial score (nSPS) is 13.3. The Kier molecular flexibility index (Phi) is 6.01. The van der Waals surface area contributed by atoms with Crippen molar-refractivity contribution in [2.75, 3.05) is 0 Å². The van der Waals surface area contributed by atoms with Gasteiger partial charge in [0.05, 0.1) is 6.54 Å². The zero-order valence-electron chi connectivity index (χ0n) is 16.4. The zero-order chi connectivity index (χ0) is 23.6. The summed E-state index contributed by atoms with van der Waals surface area (Å²) in [6.45, 7) is -0.938. The van der Waals surface area contributed by atoms with Crippen molar-refractivity contribution >= 4 is 15.9 Å². The second kappa shape index (κ2) is 8.76. The van der Waals surface area contributed by atoms with Gasteiger partial charge in [0.2, 0.25) is 0 Å². The number of alkyl halides is 2. The third-order valence-electron chi connectivity index (χ3n) is 4.67. The molecule has 33 heavy (non-hydrogen) atoms. The van der Waals surface area contributed by atoms with E-state index in [-0.39, 0.29) is 0 Å². The number of hydrogen-bond acceptors (Lipinski definition) is 6. The van der Waals surface area contributed by atoms with E-state index in [1.165, 1.54) is 6.07 Å². The van der Waals surface area contributed by atoms with Gasteiger partial charge >= 0.3 is 5.92 Å². The van der Waals surface area contributed by atoms with Gasteiger partial charge in [-0.25, -0.2) is 13.5 Å². The van der Waals surface area contributed by atoms with Gasteiger partial charge < -0.3 is 9.52 Å². The molecule has 0 bridgehead atoms. The van der Waals surface area contributed by atoms with Crippen LogP contribution in [0.3, 0.4) is 0 Å². The molecular weight excluding hydrogens is 510 g/mol. The number of pyridine rings is 1. The maximum absolute atomic E-state index is 15.6. The van der Waals surface area contributed by atoms with E-state index < -0.39 is 41.0 Å². The molecule has 0 spiro atoms. The molecule has 0 aliphatic rings. The second-order valence-corrected chi connectivity index (χ2v) is 7.63. The van der Waals surface area contributed by atoms with Crippen LogP contribution in [0.15, 0.2) is 64.1 Å². The summed E-state index contributed by atoms with van der Waals surface area (Å²) in [5, 5.41) is 21.2. The monoisotopic (exact) mass is 521 g/mol. The lowest BCUT2D eigenvalue weighted by atomic mass is 9.84. The first-order chi connectivity index (χ1) is 15.7. The van der Waals surface area contributed by atoms with Crippen molar-refractivity contribution in [3.63, 3.8) is 0 Å². The lowest BCUT2D eigenvalue weighted by Gasteiger charge is -2.35. The molecule has 12 heteroatoms. The minimum absolute atomic E-state index is 0.291. The van der Waals surface area contributed by atoms with E-state index in [2.05, 4.69) is 48.3 Å². The SMILES string of the molecule is OC(Cn1cnnn1)(c1ccc(F)cc1F)C(F)(F)c1ccc(C#Cc2ccc(Br)o2)cn1. The van der Waals surface area contributed by atoms with Crippen molar-refractivity contribution in [2.24, 2.45) is 0 Å². The number of halogens is 5. The van der Waals surface area contributed by atoms with Gasteiger partial charge in [-0.3, -0.25) is 4.98 Å². The summed E-state index contributed by atoms with van der Waals surface area (Å²) < 4.78 is 65.7. The van der Waals surface area contributed by atoms with Gasteiger partial charge in [0.15, 0.2) is 16.0 Å². The third kappa shape index (κ3) is 4.50. The number of nitrogens with zero attached hydrogens (tertiary/aromatic N) is 5. The number of benzene rings is 1. The fourth-order valence-corrected chi connectivity index (χ4v) is 3.35. The Labute approximate surface area is 192 Å². The number of furan rings is 1. The van der Waals surface area contributed by atoms with E-state index in [1.54, 1.807) is 12.1 Å². The summed E-state index contributed by atoms with van der Waals surface area (Å²) in [5.74, 6) is -0.740. The van der Waals surface area contributed by atoms with Crippen LogP contribution in [0.5, 0.6) is 0 Å². The highest BCUT2D eigenvalue weighted by Gasteiger charge is 2.57. The summed E-state index contributed by atoms with van der Waals surface area (Å²) in [6.07, 6.45) is 2.05. The predicted molar refractivity (Wildman–Crippen MR) is 109 cm³/mol. The molecule has 3 aromatic heterocycles. The first-order valence-electron chi connectivity index (χ1n) is 9.19. The molecule has 1 N–H and O–H groups in total. The molecule has 0 aliphatic heterocycles. The molecule has 0 amide bonds. The Morgan fingerprint density at radius 1 is 1.09 bits per heavy atom. The molecule has 4 aromatic rings. The first-order valence-corrected chi connectivity index (χ1v) is 9.99. The van der Waals surface area contributed by atoms with Crippen LogP contribution in [0.1, 0.15) is 22.6 Å². The molecule has 1 atom stereocenters. The van der Waals surface area contributed by atoms with Crippen molar-refractivity contribution in [2.45, 2.75) is 18.1 Å². The molecule has 0 saturated carbocycles. The number of tetrazole rings is 1. The molecule has 0 saturated heterocycles. The van der Waals surface area contributed by atoms with E-state index in [1.807, 2.05) is 0 Å². The van der Waals surface area contributed by atoms with Crippen molar-refractivity contribution < 1.29 is 27.1 Å². The topological polar surface area (TPSA) is 89.9 Å². The lowest BCUT2D eigenvalue weighted by molar-refractivity contribution is -0.207. The fourth-order valence-electron chi connectivity index (χ4n) is 3.05. The third-order valence-corrected chi connectivity index (χ3v) is 5.09. The largest absolute Gasteiger partial charge is 0.441 e. The maximum atomic E-state index is 15.6. The van der Waals surface area contributed by atoms with Crippen molar-refractivity contribution in [1.29, 1.82) is 0 Å². The highest BCUT2D eigenvalue weighted by Crippen LogP contribution is 2.46. The molecule has 1 unspecified atom stereocenters. The average Bonchev–Trinajstić information content (AvgIpc) is 3.43. The highest BCUT2D eigenvalue weighted by atomic mass is 79.9. The molecule has 0 radical (unpaired) electrons. The molecule has 3 heterocycles. The second-order valence-electron chi connectivity index (χ2n) is 6.85. The van der Waals surface area contributed by atoms with Crippen LogP contribution in [0.25, 0.3) is 0 Å². The van der Waals surface area contributed by atoms with E-state index in [9.17, 15) is 13.9 Å². The van der Waals surface area contributed by atoms with Gasteiger partial charge in [0, 0.05) is 23.4 Å². The predicted octanol–water partition coefficient (Wildman–Crippen LogP) is 3.78. The van der Waals surface area contributed by atoms with Crippen LogP contribution in [-0.2, 0) is 18.1 Å². The number of rotatable bonds is 5. The van der Waals surface area contributed by atoms with Gasteiger partial charge in [0.1, 0.15) is 23.7 Å². The Morgan fingerprint density at radius 2 is 1.91 bits per heavy atom. The van der Waals surface area contributed by atoms with Gasteiger partial charge in [-0.2, -0.15) is 8.78 Å². The standard InChI is InChI=1S/C21H12BrF4N5O2/c22-19-8-5-15(33-19)4-1-13-2-7-18(27-10-13)21(25,26)20(32,11-31-12-28-29-30-31)16-6-3-14(23)9-17(16)24/h2-3,5-10,12,32H,11H2. The van der Waals surface area contributed by atoms with E-state index in [0.717, 1.165) is 35.4 Å². The minimum atomic E-state index is -4.14. The van der Waals surface area contributed by atoms with Crippen LogP contribution >= 0.6 is 15.9 Å². The smallest absolute Gasteiger partial charge is 0.323 e. The number of aromatic nitrogens is 5. The Balaban J connectivity index is 1.72. The molecular formula is C21H12BrF4N5O2. The fraction of sp³-hybridized carbons (Fsp3) is 0.143. The molecule has 0 fully saturated rings. The van der Waals surface area contributed by atoms with E-state index in [4.69, 9.17) is 4.42 Å². The summed E-state index contributed by atoms with van der Waals surface area (Å²) in [7, 11) is 0. The van der Waals surface area contributed by atoms with Gasteiger partial charge in [-0.15, -0.1) is 5.10 Å². The van der Waals surface area contributed by atoms with E-state index in [0.29, 0.717) is 22.1 Å². The zero-order valence-corrected chi connectivity index (χ0v) is 18.0. The Hall–Kier alpha value is -3.56. The van der Waals surface area contributed by atoms with Gasteiger partial charge in [0.25, 0.3) is 0 Å². The lowest BCUT2D eigenvalue weighted by Crippen LogP contribution is -2.48. The van der Waals surface area contributed by atoms with Crippen molar-refractivity contribution in [1.82, 2.24) is 25.2 Å². The van der Waals surface area contributed by atoms with Crippen LogP contribution in [0.4, 0.5) is 17.6 Å². The molecule has 168 valence electrons. The highest BCUT2D eigenvalue weighted by molar-refractivity contribution is 9.10. The quantitative estimate of drug-likeness (QED) is 0.317. The van der Waals surface area contributed by atoms with Gasteiger partial charge in [-0.1, -0.05) is 5.92 Å². The summed E-state index contributed by atoms with van der Waals surface area (Å²) >= 11 is 3.14. The van der Waals surface area contributed by atoms with Gasteiger partial charge in [-0.05, 0) is 68.7 Å². The molecule has 0 aliphatic carbocycles. The van der Waals surface area contributed by atoms with Crippen LogP contribution in [0, 0.1) is 23.5 Å². The van der Waals surface area contributed by atoms with Crippen LogP contribution in [0.2, 0.25) is 0 Å². The first kappa shape index (κ1) is 22.6. The summed E-state index contributed by atoms with van der Waals surface area (Å²) in [5.41, 5.74) is -4.63. The minimum Gasteiger partial charge on any atom is -0.441 e. The Morgan fingerprint density at radius 3 is 2.52 bits per heavy atom. The molecule has 7 nitrogen and oxygen atoms in total. The van der Waals surface area contributed by atoms with Crippen molar-refractivity contribution in [3.8, 4) is 11.8 Å². The Bertz CT molecular complexity index is 1330. The number of aliphatic hydroxyl groups is 1. The maximum Gasteiger partial charge on any atom is 0.323 e. The summed E-state index contributed by atoms with van der Waals surface area (Å²) in [4.78, 5) is 3.73. The van der Waals surface area contributed by atoms with Crippen molar-refractivity contribution in [3.05, 3.63) is 93.9 Å². The average molecular weight is 522 g/mol. The number of hydrogen-bond donors (Lipinski definition) is 1. The molecule has 4 rings (SSSR count). The van der Waals surface area contributed by atoms with Crippen LogP contribution < -0.4 is 0 Å². The van der Waals surface area contributed by atoms with Crippen LogP contribution in [-0.4, -0.2) is 30.3 Å². The molecule has 1 aromatic carbocycles.